The maximum Gasteiger partial charge on any atom is 0.264 e. The van der Waals surface area contributed by atoms with E-state index in [1.54, 1.807) is 18.2 Å². The van der Waals surface area contributed by atoms with Crippen LogP contribution in [-0.2, 0) is 14.8 Å². The fourth-order valence-corrected chi connectivity index (χ4v) is 8.66. The average Bonchev–Trinajstić information content (AvgIpc) is 3.73. The molecule has 3 fully saturated rings. The first-order chi connectivity index (χ1) is 23.5. The molecule has 1 unspecified atom stereocenters. The maximum atomic E-state index is 15.4. The molecular weight excluding hydrogens is 690 g/mol. The number of rotatable bonds is 19. The van der Waals surface area contributed by atoms with Crippen molar-refractivity contribution in [3.05, 3.63) is 74.7 Å². The Morgan fingerprint density at radius 1 is 1.02 bits per heavy atom. The second kappa shape index (κ2) is 17.0. The van der Waals surface area contributed by atoms with Gasteiger partial charge in [0.25, 0.3) is 5.91 Å². The van der Waals surface area contributed by atoms with Gasteiger partial charge in [-0.1, -0.05) is 67.8 Å². The first-order valence-corrected chi connectivity index (χ1v) is 19.8. The number of nitrogens with one attached hydrogen (secondary N) is 2. The average molecular weight is 738 g/mol. The lowest BCUT2D eigenvalue weighted by Gasteiger charge is -2.33. The summed E-state index contributed by atoms with van der Waals surface area (Å²) in [6, 6.07) is 9.11. The van der Waals surface area contributed by atoms with E-state index in [0.29, 0.717) is 52.8 Å². The lowest BCUT2D eigenvalue weighted by molar-refractivity contribution is 0.0389. The van der Waals surface area contributed by atoms with Crippen molar-refractivity contribution in [2.45, 2.75) is 89.2 Å². The van der Waals surface area contributed by atoms with E-state index in [1.807, 2.05) is 4.90 Å². The third-order valence-corrected chi connectivity index (χ3v) is 11.8. The van der Waals surface area contributed by atoms with Crippen LogP contribution in [0.15, 0.2) is 47.7 Å². The number of nitrogens with two attached hydrogens (primary N) is 1. The van der Waals surface area contributed by atoms with Gasteiger partial charge in [-0.25, -0.2) is 17.5 Å². The number of benzene rings is 2. The van der Waals surface area contributed by atoms with Gasteiger partial charge in [0.15, 0.2) is 0 Å². The van der Waals surface area contributed by atoms with Crippen LogP contribution in [0.5, 0.6) is 0 Å². The smallest absolute Gasteiger partial charge is 0.264 e. The van der Waals surface area contributed by atoms with Crippen LogP contribution in [0.2, 0.25) is 10.0 Å². The molecule has 13 heteroatoms. The van der Waals surface area contributed by atoms with E-state index in [1.165, 1.54) is 12.1 Å². The number of allylic oxidation sites excluding steroid dienone is 1. The van der Waals surface area contributed by atoms with Gasteiger partial charge in [-0.3, -0.25) is 10.2 Å². The molecule has 1 amide bonds. The van der Waals surface area contributed by atoms with E-state index in [4.69, 9.17) is 39.1 Å². The molecule has 3 atom stereocenters. The molecule has 0 aromatic heterocycles. The summed E-state index contributed by atoms with van der Waals surface area (Å²) in [4.78, 5) is 14.7. The number of amides is 1. The largest absolute Gasteiger partial charge is 0.512 e. The molecule has 2 saturated carbocycles. The Kier molecular flexibility index (Phi) is 13.0. The number of unbranched alkanes of at least 4 members (excludes halogenated alkanes) is 7. The number of carbonyl (C=O) groups is 1. The number of aliphatic hydroxyl groups is 1. The number of nitrogens with zero attached hydrogens (tertiary/aromatic N) is 1. The minimum atomic E-state index is -3.84. The molecule has 0 radical (unpaired) electrons. The van der Waals surface area contributed by atoms with Gasteiger partial charge in [-0.2, -0.15) is 0 Å². The summed E-state index contributed by atoms with van der Waals surface area (Å²) >= 11 is 12.8. The number of anilines is 1. The normalized spacial score (nSPS) is 20.8. The number of sulfonamides is 1. The molecule has 5 rings (SSSR count). The molecule has 2 bridgehead atoms. The predicted molar refractivity (Wildman–Crippen MR) is 193 cm³/mol. The standard InChI is InChI=1S/C36H47Cl2FN4O5S/c37-28-10-9-11-29(38)33(28)34(41)27(35(44)23-12-13-23)22-48-32-20-26-18-25(32)21-43(26)31-15-14-24(19-30(31)39)36(45)42-49(46,47)17-8-6-4-2-1-3-5-7-16-40/h9-11,14-15,19,23,25-26,32,41,44H,1-8,12-13,16-18,20-22,40H2,(H,42,45)/b35-27-,41-34?/t25-,26-,32?/m0/s1. The van der Waals surface area contributed by atoms with Crippen LogP contribution in [0.25, 0.3) is 0 Å². The van der Waals surface area contributed by atoms with Crippen LogP contribution in [0.1, 0.15) is 93.0 Å². The summed E-state index contributed by atoms with van der Waals surface area (Å²) in [5.74, 6) is -1.34. The monoisotopic (exact) mass is 736 g/mol. The highest BCUT2D eigenvalue weighted by Gasteiger charge is 2.46. The number of halogens is 3. The summed E-state index contributed by atoms with van der Waals surface area (Å²) in [5, 5.41) is 20.5. The van der Waals surface area contributed by atoms with Gasteiger partial charge in [0.2, 0.25) is 10.0 Å². The van der Waals surface area contributed by atoms with Crippen molar-refractivity contribution in [1.29, 1.82) is 5.41 Å². The summed E-state index contributed by atoms with van der Waals surface area (Å²) in [5.41, 5.74) is 6.59. The van der Waals surface area contributed by atoms with E-state index < -0.39 is 21.7 Å². The van der Waals surface area contributed by atoms with Crippen molar-refractivity contribution in [2.24, 2.45) is 17.6 Å². The number of carbonyl (C=O) groups excluding carboxylic acids is 1. The van der Waals surface area contributed by atoms with Crippen LogP contribution in [0.4, 0.5) is 10.1 Å². The van der Waals surface area contributed by atoms with E-state index >= 15 is 4.39 Å². The molecule has 2 aromatic rings. The van der Waals surface area contributed by atoms with Crippen molar-refractivity contribution in [2.75, 3.05) is 30.3 Å². The van der Waals surface area contributed by atoms with Crippen LogP contribution in [-0.4, -0.2) is 62.7 Å². The van der Waals surface area contributed by atoms with Crippen molar-refractivity contribution < 1.29 is 27.4 Å². The van der Waals surface area contributed by atoms with Gasteiger partial charge in [0, 0.05) is 41.1 Å². The summed E-state index contributed by atoms with van der Waals surface area (Å²) in [7, 11) is -3.84. The SMILES string of the molecule is N=C(/C(COC1C[C@@H]2C[C@H]1CN2c1ccc(C(=O)NS(=O)(=O)CCCCCCCCCCN)cc1F)=C(\O)C1CC1)c1c(Cl)cccc1Cl. The number of ether oxygens (including phenoxy) is 1. The Morgan fingerprint density at radius 2 is 1.67 bits per heavy atom. The minimum Gasteiger partial charge on any atom is -0.512 e. The Bertz CT molecular complexity index is 1630. The molecule has 1 saturated heterocycles. The zero-order chi connectivity index (χ0) is 35.1. The minimum absolute atomic E-state index is 0.000577. The van der Waals surface area contributed by atoms with Crippen LogP contribution in [0.3, 0.4) is 0 Å². The van der Waals surface area contributed by atoms with Gasteiger partial charge in [-0.05, 0) is 75.4 Å². The fraction of sp³-hybridized carbons (Fsp3) is 0.556. The summed E-state index contributed by atoms with van der Waals surface area (Å²) in [6.45, 7) is 1.29. The molecule has 0 spiro atoms. The molecule has 1 aliphatic heterocycles. The van der Waals surface area contributed by atoms with E-state index in [-0.39, 0.29) is 53.4 Å². The zero-order valence-corrected chi connectivity index (χ0v) is 30.1. The van der Waals surface area contributed by atoms with Gasteiger partial charge >= 0.3 is 0 Å². The Labute approximate surface area is 298 Å². The number of hydrogen-bond acceptors (Lipinski definition) is 8. The molecule has 268 valence electrons. The number of fused-ring (bicyclic) bond motifs is 2. The number of piperidine rings is 1. The van der Waals surface area contributed by atoms with Gasteiger partial charge < -0.3 is 20.5 Å². The second-order valence-electron chi connectivity index (χ2n) is 13.5. The second-order valence-corrected chi connectivity index (χ2v) is 16.2. The highest BCUT2D eigenvalue weighted by Crippen LogP contribution is 2.44. The van der Waals surface area contributed by atoms with Gasteiger partial charge in [0.1, 0.15) is 11.6 Å². The lowest BCUT2D eigenvalue weighted by atomic mass is 9.99. The first-order valence-electron chi connectivity index (χ1n) is 17.4. The lowest BCUT2D eigenvalue weighted by Crippen LogP contribution is -2.39. The molecule has 2 aliphatic carbocycles. The van der Waals surface area contributed by atoms with E-state index in [9.17, 15) is 18.3 Å². The van der Waals surface area contributed by atoms with Gasteiger partial charge in [0.05, 0.1) is 39.9 Å². The molecular formula is C36H47Cl2FN4O5S. The third kappa shape index (κ3) is 9.76. The topological polar surface area (TPSA) is 146 Å². The summed E-state index contributed by atoms with van der Waals surface area (Å²) in [6.07, 6.45) is 10.6. The molecule has 2 aromatic carbocycles. The molecule has 1 heterocycles. The maximum absolute atomic E-state index is 15.4. The summed E-state index contributed by atoms with van der Waals surface area (Å²) < 4.78 is 48.8. The molecule has 5 N–H and O–H groups in total. The predicted octanol–water partition coefficient (Wildman–Crippen LogP) is 7.55. The van der Waals surface area contributed by atoms with Crippen LogP contribution < -0.4 is 15.4 Å². The third-order valence-electron chi connectivity index (χ3n) is 9.84. The molecule has 49 heavy (non-hydrogen) atoms. The van der Waals surface area contributed by atoms with Crippen LogP contribution in [0, 0.1) is 23.1 Å². The number of hydrogen-bond donors (Lipinski definition) is 4. The highest BCUT2D eigenvalue weighted by atomic mass is 35.5. The van der Waals surface area contributed by atoms with Gasteiger partial charge in [-0.15, -0.1) is 0 Å². The van der Waals surface area contributed by atoms with E-state index in [0.717, 1.165) is 70.3 Å². The first kappa shape index (κ1) is 37.6. The Balaban J connectivity index is 1.11. The van der Waals surface area contributed by atoms with E-state index in [2.05, 4.69) is 4.72 Å². The molecule has 9 nitrogen and oxygen atoms in total. The Hall–Kier alpha value is -2.70. The molecule has 3 aliphatic rings. The quantitative estimate of drug-likeness (QED) is 0.0662. The number of aliphatic hydroxyl groups excluding tert-OH is 1. The fourth-order valence-electron chi connectivity index (χ4n) is 6.99. The highest BCUT2D eigenvalue weighted by molar-refractivity contribution is 7.90. The Morgan fingerprint density at radius 3 is 2.27 bits per heavy atom. The zero-order valence-electron chi connectivity index (χ0n) is 27.7. The van der Waals surface area contributed by atoms with Crippen molar-refractivity contribution in [3.8, 4) is 0 Å². The van der Waals surface area contributed by atoms with Crippen molar-refractivity contribution >= 4 is 50.5 Å². The van der Waals surface area contributed by atoms with Crippen molar-refractivity contribution in [1.82, 2.24) is 4.72 Å². The van der Waals surface area contributed by atoms with Crippen LogP contribution >= 0.6 is 23.2 Å². The van der Waals surface area contributed by atoms with Crippen molar-refractivity contribution in [3.63, 3.8) is 0 Å².